The molecule has 0 radical (unpaired) electrons. The number of rotatable bonds is 5. The lowest BCUT2D eigenvalue weighted by Crippen LogP contribution is -2.51. The molecule has 1 fully saturated rings. The Morgan fingerprint density at radius 3 is 2.14 bits per heavy atom. The number of amides is 2. The van der Waals surface area contributed by atoms with E-state index in [1.165, 1.54) is 0 Å². The van der Waals surface area contributed by atoms with Gasteiger partial charge in [0, 0.05) is 42.5 Å². The van der Waals surface area contributed by atoms with E-state index in [1.807, 2.05) is 31.2 Å². The van der Waals surface area contributed by atoms with Gasteiger partial charge in [-0.05, 0) is 31.2 Å². The quantitative estimate of drug-likeness (QED) is 0.618. The first-order valence-corrected chi connectivity index (χ1v) is 9.49. The average Bonchev–Trinajstić information content (AvgIpc) is 2.72. The third-order valence-electron chi connectivity index (χ3n) is 4.74. The lowest BCUT2D eigenvalue weighted by molar-refractivity contribution is -0.132. The van der Waals surface area contributed by atoms with Crippen molar-refractivity contribution in [2.24, 2.45) is 0 Å². The van der Waals surface area contributed by atoms with Crippen LogP contribution in [0.15, 0.2) is 48.5 Å². The number of carbonyl (C=O) groups is 3. The summed E-state index contributed by atoms with van der Waals surface area (Å²) in [6.45, 7) is 4.23. The van der Waals surface area contributed by atoms with E-state index in [0.29, 0.717) is 36.8 Å². The first-order chi connectivity index (χ1) is 13.4. The van der Waals surface area contributed by atoms with Crippen LogP contribution in [0.1, 0.15) is 15.9 Å². The number of benzene rings is 2. The zero-order valence-corrected chi connectivity index (χ0v) is 16.4. The minimum absolute atomic E-state index is 0.183. The van der Waals surface area contributed by atoms with Gasteiger partial charge >= 0.3 is 0 Å². The van der Waals surface area contributed by atoms with Crippen molar-refractivity contribution in [3.05, 3.63) is 64.7 Å². The minimum atomic E-state index is -0.767. The van der Waals surface area contributed by atoms with E-state index in [9.17, 15) is 14.4 Å². The molecule has 3 rings (SSSR count). The van der Waals surface area contributed by atoms with Crippen LogP contribution in [-0.2, 0) is 9.59 Å². The Balaban J connectivity index is 1.46. The third kappa shape index (κ3) is 4.89. The van der Waals surface area contributed by atoms with Gasteiger partial charge in [-0.3, -0.25) is 14.4 Å². The summed E-state index contributed by atoms with van der Waals surface area (Å²) in [5.41, 5.74) is 2.38. The molecule has 0 saturated carbocycles. The summed E-state index contributed by atoms with van der Waals surface area (Å²) in [4.78, 5) is 40.4. The molecule has 1 aliphatic rings. The first kappa shape index (κ1) is 19.9. The Kier molecular flexibility index (Phi) is 6.31. The third-order valence-corrected chi connectivity index (χ3v) is 5.00. The topological polar surface area (TPSA) is 69.7 Å². The number of hydrogen-bond donors (Lipinski definition) is 1. The van der Waals surface area contributed by atoms with Gasteiger partial charge in [0.15, 0.2) is 0 Å². The van der Waals surface area contributed by atoms with Crippen LogP contribution in [0, 0.1) is 6.92 Å². The highest BCUT2D eigenvalue weighted by Crippen LogP contribution is 2.19. The highest BCUT2D eigenvalue weighted by atomic mass is 35.5. The molecule has 0 bridgehead atoms. The molecule has 7 heteroatoms. The molecule has 1 heterocycles. The van der Waals surface area contributed by atoms with E-state index in [0.717, 1.165) is 11.3 Å². The number of anilines is 1. The number of ketones is 1. The fraction of sp³-hybridized carbons (Fsp3) is 0.286. The molecule has 2 aromatic carbocycles. The number of halogens is 1. The summed E-state index contributed by atoms with van der Waals surface area (Å²) in [7, 11) is 0. The van der Waals surface area contributed by atoms with Crippen LogP contribution in [0.2, 0.25) is 5.02 Å². The first-order valence-electron chi connectivity index (χ1n) is 9.11. The van der Waals surface area contributed by atoms with Gasteiger partial charge in [0.1, 0.15) is 0 Å². The second-order valence-electron chi connectivity index (χ2n) is 6.72. The molecule has 6 nitrogen and oxygen atoms in total. The molecule has 2 aromatic rings. The van der Waals surface area contributed by atoms with E-state index in [-0.39, 0.29) is 12.5 Å². The van der Waals surface area contributed by atoms with Crippen LogP contribution in [0.4, 0.5) is 5.69 Å². The largest absolute Gasteiger partial charge is 0.368 e. The maximum atomic E-state index is 12.4. The van der Waals surface area contributed by atoms with Crippen LogP contribution < -0.4 is 10.2 Å². The Morgan fingerprint density at radius 2 is 1.54 bits per heavy atom. The molecular weight excluding hydrogens is 378 g/mol. The maximum Gasteiger partial charge on any atom is 0.292 e. The molecular formula is C21H22ClN3O3. The second-order valence-corrected chi connectivity index (χ2v) is 7.16. The van der Waals surface area contributed by atoms with Crippen molar-refractivity contribution < 1.29 is 14.4 Å². The predicted octanol–water partition coefficient (Wildman–Crippen LogP) is 2.30. The van der Waals surface area contributed by atoms with Gasteiger partial charge in [-0.25, -0.2) is 0 Å². The van der Waals surface area contributed by atoms with Gasteiger partial charge < -0.3 is 15.1 Å². The van der Waals surface area contributed by atoms with Gasteiger partial charge in [0.05, 0.1) is 6.54 Å². The Labute approximate surface area is 169 Å². The standard InChI is InChI=1S/C21H22ClN3O3/c1-15-2-4-16(5-3-15)20(27)21(28)23-14-19(26)25-12-10-24(11-13-25)18-8-6-17(22)7-9-18/h2-9H,10-14H2,1H3,(H,23,28). The smallest absolute Gasteiger partial charge is 0.292 e. The normalized spacial score (nSPS) is 13.9. The molecule has 0 unspecified atom stereocenters. The van der Waals surface area contributed by atoms with Crippen LogP contribution in [0.5, 0.6) is 0 Å². The number of nitrogens with one attached hydrogen (secondary N) is 1. The lowest BCUT2D eigenvalue weighted by atomic mass is 10.1. The maximum absolute atomic E-state index is 12.4. The molecule has 0 aliphatic carbocycles. The zero-order valence-electron chi connectivity index (χ0n) is 15.7. The zero-order chi connectivity index (χ0) is 20.1. The van der Waals surface area contributed by atoms with Crippen LogP contribution >= 0.6 is 11.6 Å². The molecule has 1 N–H and O–H groups in total. The summed E-state index contributed by atoms with van der Waals surface area (Å²) < 4.78 is 0. The monoisotopic (exact) mass is 399 g/mol. The number of Topliss-reactive ketones (excluding diaryl/α,β-unsaturated/α-hetero) is 1. The van der Waals surface area contributed by atoms with Crippen LogP contribution in [0.3, 0.4) is 0 Å². The Bertz CT molecular complexity index is 857. The van der Waals surface area contributed by atoms with Gasteiger partial charge in [0.25, 0.3) is 5.91 Å². The number of hydrogen-bond acceptors (Lipinski definition) is 4. The van der Waals surface area contributed by atoms with E-state index in [4.69, 9.17) is 11.6 Å². The molecule has 0 aromatic heterocycles. The highest BCUT2D eigenvalue weighted by molar-refractivity contribution is 6.43. The Hall–Kier alpha value is -2.86. The van der Waals surface area contributed by atoms with Crippen LogP contribution in [-0.4, -0.2) is 55.2 Å². The molecule has 2 amide bonds. The summed E-state index contributed by atoms with van der Waals surface area (Å²) >= 11 is 5.91. The summed E-state index contributed by atoms with van der Waals surface area (Å²) in [5, 5.41) is 3.12. The van der Waals surface area contributed by atoms with Crippen molar-refractivity contribution in [1.29, 1.82) is 0 Å². The van der Waals surface area contributed by atoms with E-state index >= 15 is 0 Å². The van der Waals surface area contributed by atoms with Crippen LogP contribution in [0.25, 0.3) is 0 Å². The van der Waals surface area contributed by atoms with Gasteiger partial charge in [-0.15, -0.1) is 0 Å². The number of nitrogens with zero attached hydrogens (tertiary/aromatic N) is 2. The predicted molar refractivity (Wildman–Crippen MR) is 109 cm³/mol. The summed E-state index contributed by atoms with van der Waals surface area (Å²) in [6.07, 6.45) is 0. The van der Waals surface area contributed by atoms with Crippen molar-refractivity contribution in [3.63, 3.8) is 0 Å². The van der Waals surface area contributed by atoms with Crippen molar-refractivity contribution >= 4 is 34.9 Å². The number of aryl methyl sites for hydroxylation is 1. The van der Waals surface area contributed by atoms with E-state index < -0.39 is 11.7 Å². The van der Waals surface area contributed by atoms with Gasteiger partial charge in [-0.2, -0.15) is 0 Å². The van der Waals surface area contributed by atoms with E-state index in [1.54, 1.807) is 29.2 Å². The number of carbonyl (C=O) groups excluding carboxylic acids is 3. The van der Waals surface area contributed by atoms with Crippen molar-refractivity contribution in [2.45, 2.75) is 6.92 Å². The molecule has 146 valence electrons. The minimum Gasteiger partial charge on any atom is -0.368 e. The second kappa shape index (κ2) is 8.89. The molecule has 0 spiro atoms. The summed E-state index contributed by atoms with van der Waals surface area (Å²) in [6, 6.07) is 14.3. The number of piperazine rings is 1. The molecule has 1 saturated heterocycles. The van der Waals surface area contributed by atoms with Crippen molar-refractivity contribution in [1.82, 2.24) is 10.2 Å². The average molecular weight is 400 g/mol. The van der Waals surface area contributed by atoms with Crippen molar-refractivity contribution in [2.75, 3.05) is 37.6 Å². The van der Waals surface area contributed by atoms with E-state index in [2.05, 4.69) is 10.2 Å². The lowest BCUT2D eigenvalue weighted by Gasteiger charge is -2.36. The summed E-state index contributed by atoms with van der Waals surface area (Å²) in [5.74, 6) is -1.60. The fourth-order valence-corrected chi connectivity index (χ4v) is 3.18. The molecule has 0 atom stereocenters. The molecule has 28 heavy (non-hydrogen) atoms. The SMILES string of the molecule is Cc1ccc(C(=O)C(=O)NCC(=O)N2CCN(c3ccc(Cl)cc3)CC2)cc1. The van der Waals surface area contributed by atoms with Gasteiger partial charge in [0.2, 0.25) is 11.7 Å². The fourth-order valence-electron chi connectivity index (χ4n) is 3.05. The molecule has 1 aliphatic heterocycles. The van der Waals surface area contributed by atoms with Crippen molar-refractivity contribution in [3.8, 4) is 0 Å². The highest BCUT2D eigenvalue weighted by Gasteiger charge is 2.23. The van der Waals surface area contributed by atoms with Gasteiger partial charge in [-0.1, -0.05) is 41.4 Å². The Morgan fingerprint density at radius 1 is 0.929 bits per heavy atom.